The first-order valence-corrected chi connectivity index (χ1v) is 7.78. The second-order valence-corrected chi connectivity index (χ2v) is 5.97. The van der Waals surface area contributed by atoms with E-state index in [4.69, 9.17) is 9.47 Å². The number of carbonyl (C=O) groups excluding carboxylic acids is 1. The molecule has 25 heavy (non-hydrogen) atoms. The van der Waals surface area contributed by atoms with Crippen LogP contribution >= 0.6 is 0 Å². The van der Waals surface area contributed by atoms with Crippen molar-refractivity contribution < 1.29 is 27.4 Å². The highest BCUT2D eigenvalue weighted by Gasteiger charge is 2.40. The van der Waals surface area contributed by atoms with Crippen molar-refractivity contribution in [1.29, 1.82) is 0 Å². The van der Waals surface area contributed by atoms with Crippen LogP contribution in [-0.2, 0) is 4.79 Å². The topological polar surface area (TPSA) is 60.5 Å². The Hall–Kier alpha value is -2.51. The van der Waals surface area contributed by atoms with E-state index in [2.05, 4.69) is 10.3 Å². The fourth-order valence-electron chi connectivity index (χ4n) is 2.94. The summed E-state index contributed by atoms with van der Waals surface area (Å²) in [6, 6.07) is 6.79. The highest BCUT2D eigenvalue weighted by molar-refractivity contribution is 5.88. The van der Waals surface area contributed by atoms with Crippen molar-refractivity contribution in [3.8, 4) is 11.6 Å². The number of pyridine rings is 1. The van der Waals surface area contributed by atoms with Gasteiger partial charge in [-0.25, -0.2) is 4.98 Å². The molecule has 0 aliphatic carbocycles. The monoisotopic (exact) mass is 354 g/mol. The summed E-state index contributed by atoms with van der Waals surface area (Å²) in [5.41, 5.74) is 0. The van der Waals surface area contributed by atoms with Crippen LogP contribution in [0.25, 0.3) is 10.8 Å². The second-order valence-electron chi connectivity index (χ2n) is 5.97. The average Bonchev–Trinajstić information content (AvgIpc) is 2.90. The van der Waals surface area contributed by atoms with E-state index in [1.807, 2.05) is 18.2 Å². The van der Waals surface area contributed by atoms with Crippen LogP contribution in [0.2, 0.25) is 0 Å². The predicted octanol–water partition coefficient (Wildman–Crippen LogP) is 3.08. The lowest BCUT2D eigenvalue weighted by molar-refractivity contribution is -0.151. The molecule has 0 bridgehead atoms. The number of carbonyl (C=O) groups is 1. The molecule has 0 unspecified atom stereocenters. The number of halogens is 3. The third-order valence-electron chi connectivity index (χ3n) is 4.12. The predicted molar refractivity (Wildman–Crippen MR) is 84.5 cm³/mol. The molecule has 1 fully saturated rings. The number of methoxy groups -OCH3 is 1. The smallest absolute Gasteiger partial charge is 0.389 e. The number of hydrogen-bond acceptors (Lipinski definition) is 4. The van der Waals surface area contributed by atoms with Crippen molar-refractivity contribution >= 4 is 16.7 Å². The molecular formula is C17H17F3N2O3. The van der Waals surface area contributed by atoms with Crippen LogP contribution < -0.4 is 14.8 Å². The first-order valence-electron chi connectivity index (χ1n) is 7.78. The molecule has 1 aliphatic heterocycles. The van der Waals surface area contributed by atoms with Crippen molar-refractivity contribution in [2.45, 2.75) is 25.1 Å². The van der Waals surface area contributed by atoms with Crippen molar-refractivity contribution in [2.75, 3.05) is 13.7 Å². The van der Waals surface area contributed by atoms with Crippen LogP contribution in [0.15, 0.2) is 30.5 Å². The van der Waals surface area contributed by atoms with Crippen LogP contribution in [-0.4, -0.2) is 36.8 Å². The van der Waals surface area contributed by atoms with Gasteiger partial charge in [-0.1, -0.05) is 6.07 Å². The van der Waals surface area contributed by atoms with E-state index in [1.165, 1.54) is 0 Å². The third-order valence-corrected chi connectivity index (χ3v) is 4.12. The van der Waals surface area contributed by atoms with Crippen LogP contribution in [0, 0.1) is 5.92 Å². The van der Waals surface area contributed by atoms with E-state index in [0.717, 1.165) is 10.8 Å². The maximum absolute atomic E-state index is 12.5. The number of hydrogen-bond donors (Lipinski definition) is 1. The highest BCUT2D eigenvalue weighted by Crippen LogP contribution is 2.31. The minimum atomic E-state index is -4.36. The number of amides is 1. The van der Waals surface area contributed by atoms with E-state index < -0.39 is 30.5 Å². The molecule has 1 saturated heterocycles. The number of ether oxygens (including phenoxy) is 2. The first kappa shape index (κ1) is 17.3. The van der Waals surface area contributed by atoms with Gasteiger partial charge >= 0.3 is 6.18 Å². The Balaban J connectivity index is 1.68. The second kappa shape index (κ2) is 6.78. The molecule has 0 spiro atoms. The molecule has 1 amide bonds. The van der Waals surface area contributed by atoms with E-state index in [-0.39, 0.29) is 13.0 Å². The largest absolute Gasteiger partial charge is 0.497 e. The minimum Gasteiger partial charge on any atom is -0.497 e. The SMILES string of the molecule is COc1ccc2ccnc(OC[C@@H]3C[C@H](CC(F)(F)F)C(=O)N3)c2c1. The Morgan fingerprint density at radius 1 is 1.32 bits per heavy atom. The molecule has 1 aromatic carbocycles. The zero-order chi connectivity index (χ0) is 18.0. The quantitative estimate of drug-likeness (QED) is 0.896. The van der Waals surface area contributed by atoms with Crippen molar-refractivity contribution in [1.82, 2.24) is 10.3 Å². The van der Waals surface area contributed by atoms with Gasteiger partial charge in [0.1, 0.15) is 12.4 Å². The molecule has 2 aromatic rings. The van der Waals surface area contributed by atoms with E-state index in [0.29, 0.717) is 11.6 Å². The summed E-state index contributed by atoms with van der Waals surface area (Å²) in [5, 5.41) is 4.18. The molecule has 1 aliphatic rings. The third kappa shape index (κ3) is 4.12. The van der Waals surface area contributed by atoms with Crippen LogP contribution in [0.4, 0.5) is 13.2 Å². The van der Waals surface area contributed by atoms with Crippen molar-refractivity contribution in [2.24, 2.45) is 5.92 Å². The molecule has 134 valence electrons. The zero-order valence-electron chi connectivity index (χ0n) is 13.5. The molecule has 3 rings (SSSR count). The summed E-state index contributed by atoms with van der Waals surface area (Å²) in [7, 11) is 1.55. The molecule has 0 saturated carbocycles. The number of nitrogens with one attached hydrogen (secondary N) is 1. The van der Waals surface area contributed by atoms with Gasteiger partial charge in [-0.3, -0.25) is 4.79 Å². The van der Waals surface area contributed by atoms with Gasteiger partial charge in [0.15, 0.2) is 0 Å². The van der Waals surface area contributed by atoms with Crippen LogP contribution in [0.5, 0.6) is 11.6 Å². The maximum atomic E-state index is 12.5. The normalized spacial score (nSPS) is 20.6. The van der Waals surface area contributed by atoms with E-state index >= 15 is 0 Å². The lowest BCUT2D eigenvalue weighted by Gasteiger charge is -2.13. The number of benzene rings is 1. The van der Waals surface area contributed by atoms with Gasteiger partial charge in [-0.05, 0) is 30.0 Å². The Bertz CT molecular complexity index is 779. The molecule has 2 atom stereocenters. The van der Waals surface area contributed by atoms with Gasteiger partial charge in [0, 0.05) is 17.5 Å². The summed E-state index contributed by atoms with van der Waals surface area (Å²) in [5.74, 6) is -0.651. The first-order chi connectivity index (χ1) is 11.9. The summed E-state index contributed by atoms with van der Waals surface area (Å²) >= 11 is 0. The zero-order valence-corrected chi connectivity index (χ0v) is 13.5. The van der Waals surface area contributed by atoms with Gasteiger partial charge in [-0.15, -0.1) is 0 Å². The summed E-state index contributed by atoms with van der Waals surface area (Å²) in [4.78, 5) is 15.8. The van der Waals surface area contributed by atoms with E-state index in [1.54, 1.807) is 19.4 Å². The Morgan fingerprint density at radius 3 is 2.84 bits per heavy atom. The molecule has 8 heteroatoms. The molecule has 1 N–H and O–H groups in total. The molecule has 1 aromatic heterocycles. The minimum absolute atomic E-state index is 0.0589. The number of aromatic nitrogens is 1. The fraction of sp³-hybridized carbons (Fsp3) is 0.412. The lowest BCUT2D eigenvalue weighted by atomic mass is 10.0. The molecule has 5 nitrogen and oxygen atoms in total. The summed E-state index contributed by atoms with van der Waals surface area (Å²) in [6.07, 6.45) is -3.79. The maximum Gasteiger partial charge on any atom is 0.389 e. The van der Waals surface area contributed by atoms with Gasteiger partial charge in [0.25, 0.3) is 0 Å². The lowest BCUT2D eigenvalue weighted by Crippen LogP contribution is -2.31. The van der Waals surface area contributed by atoms with Crippen LogP contribution in [0.1, 0.15) is 12.8 Å². The summed E-state index contributed by atoms with van der Waals surface area (Å²) in [6.45, 7) is 0.0589. The van der Waals surface area contributed by atoms with Crippen LogP contribution in [0.3, 0.4) is 0 Å². The summed E-state index contributed by atoms with van der Waals surface area (Å²) < 4.78 is 48.3. The molecule has 0 radical (unpaired) electrons. The van der Waals surface area contributed by atoms with Gasteiger partial charge < -0.3 is 14.8 Å². The van der Waals surface area contributed by atoms with Gasteiger partial charge in [0.2, 0.25) is 11.8 Å². The van der Waals surface area contributed by atoms with Gasteiger partial charge in [0.05, 0.1) is 19.6 Å². The van der Waals surface area contributed by atoms with Crippen molar-refractivity contribution in [3.63, 3.8) is 0 Å². The molecular weight excluding hydrogens is 337 g/mol. The number of rotatable bonds is 5. The van der Waals surface area contributed by atoms with Crippen molar-refractivity contribution in [3.05, 3.63) is 30.5 Å². The fourth-order valence-corrected chi connectivity index (χ4v) is 2.94. The Morgan fingerprint density at radius 2 is 2.12 bits per heavy atom. The Kier molecular flexibility index (Phi) is 4.69. The number of nitrogens with zero attached hydrogens (tertiary/aromatic N) is 1. The van der Waals surface area contributed by atoms with Gasteiger partial charge in [-0.2, -0.15) is 13.2 Å². The standard InChI is InChI=1S/C17H17F3N2O3/c1-24-13-3-2-10-4-5-21-16(14(10)7-13)25-9-12-6-11(15(23)22-12)8-17(18,19)20/h2-5,7,11-12H,6,8-9H2,1H3,(H,22,23)/t11-,12+/m1/s1. The molecule has 2 heterocycles. The highest BCUT2D eigenvalue weighted by atomic mass is 19.4. The van der Waals surface area contributed by atoms with E-state index in [9.17, 15) is 18.0 Å². The average molecular weight is 354 g/mol. The Labute approximate surface area is 142 Å². The number of fused-ring (bicyclic) bond motifs is 1. The number of alkyl halides is 3.